The quantitative estimate of drug-likeness (QED) is 0.580. The number of benzene rings is 1. The van der Waals surface area contributed by atoms with Gasteiger partial charge < -0.3 is 0 Å². The Morgan fingerprint density at radius 2 is 1.58 bits per heavy atom. The molecular formula is C15H13NO2S. The highest BCUT2D eigenvalue weighted by Gasteiger charge is 2.60. The summed E-state index contributed by atoms with van der Waals surface area (Å²) in [5.41, 5.74) is 1.72. The van der Waals surface area contributed by atoms with Gasteiger partial charge in [0.05, 0.1) is 17.5 Å². The van der Waals surface area contributed by atoms with Crippen molar-refractivity contribution in [1.82, 2.24) is 0 Å². The summed E-state index contributed by atoms with van der Waals surface area (Å²) >= 11 is 1.75. The molecule has 2 amide bonds. The lowest BCUT2D eigenvalue weighted by Gasteiger charge is -2.19. The van der Waals surface area contributed by atoms with E-state index in [-0.39, 0.29) is 34.2 Å². The predicted molar refractivity (Wildman–Crippen MR) is 75.0 cm³/mol. The van der Waals surface area contributed by atoms with E-state index in [0.717, 1.165) is 11.3 Å². The lowest BCUT2D eigenvalue weighted by Crippen LogP contribution is -2.33. The number of amides is 2. The number of hydrogen-bond donors (Lipinski definition) is 0. The van der Waals surface area contributed by atoms with E-state index in [1.807, 2.05) is 31.2 Å². The van der Waals surface area contributed by atoms with Gasteiger partial charge >= 0.3 is 0 Å². The van der Waals surface area contributed by atoms with E-state index in [0.29, 0.717) is 0 Å². The number of carbonyl (C=O) groups is 2. The third kappa shape index (κ3) is 1.35. The van der Waals surface area contributed by atoms with Crippen LogP contribution >= 0.6 is 11.8 Å². The number of rotatable bonds is 1. The van der Waals surface area contributed by atoms with Crippen molar-refractivity contribution in [2.24, 2.45) is 11.8 Å². The fourth-order valence-corrected chi connectivity index (χ4v) is 4.99. The molecule has 1 aromatic rings. The molecule has 4 unspecified atom stereocenters. The Labute approximate surface area is 115 Å². The molecule has 0 spiro atoms. The molecule has 4 heteroatoms. The van der Waals surface area contributed by atoms with Gasteiger partial charge in [-0.1, -0.05) is 30.4 Å². The number of thioether (sulfide) groups is 1. The normalized spacial score (nSPS) is 35.3. The summed E-state index contributed by atoms with van der Waals surface area (Å²) in [4.78, 5) is 26.6. The molecule has 0 aliphatic carbocycles. The van der Waals surface area contributed by atoms with Gasteiger partial charge in [0.25, 0.3) is 0 Å². The van der Waals surface area contributed by atoms with Crippen molar-refractivity contribution in [3.8, 4) is 0 Å². The monoisotopic (exact) mass is 271 g/mol. The number of imide groups is 1. The van der Waals surface area contributed by atoms with E-state index in [9.17, 15) is 9.59 Å². The van der Waals surface area contributed by atoms with Crippen LogP contribution < -0.4 is 4.90 Å². The zero-order valence-electron chi connectivity index (χ0n) is 10.4. The number of hydrogen-bond acceptors (Lipinski definition) is 3. The minimum atomic E-state index is -0.146. The van der Waals surface area contributed by atoms with Crippen molar-refractivity contribution in [3.05, 3.63) is 42.0 Å². The number of fused-ring (bicyclic) bond motifs is 5. The van der Waals surface area contributed by atoms with Crippen molar-refractivity contribution in [1.29, 1.82) is 0 Å². The average molecular weight is 271 g/mol. The molecule has 3 aliphatic rings. The minimum absolute atomic E-state index is 0.0198. The summed E-state index contributed by atoms with van der Waals surface area (Å²) in [6.45, 7) is 1.94. The lowest BCUT2D eigenvalue weighted by atomic mass is 9.85. The van der Waals surface area contributed by atoms with Crippen LogP contribution in [0.15, 0.2) is 36.4 Å². The van der Waals surface area contributed by atoms with Crippen molar-refractivity contribution < 1.29 is 9.59 Å². The number of anilines is 1. The third-order valence-electron chi connectivity index (χ3n) is 4.27. The molecule has 19 heavy (non-hydrogen) atoms. The predicted octanol–water partition coefficient (Wildman–Crippen LogP) is 2.15. The Bertz CT molecular complexity index is 594. The fourth-order valence-electron chi connectivity index (χ4n) is 3.36. The molecule has 96 valence electrons. The first-order chi connectivity index (χ1) is 9.18. The number of aryl methyl sites for hydroxylation is 1. The highest BCUT2D eigenvalue weighted by Crippen LogP contribution is 2.53. The second-order valence-corrected chi connectivity index (χ2v) is 6.66. The van der Waals surface area contributed by atoms with E-state index < -0.39 is 0 Å². The average Bonchev–Trinajstić information content (AvgIpc) is 3.06. The Kier molecular flexibility index (Phi) is 2.22. The van der Waals surface area contributed by atoms with Crippen LogP contribution in [0.25, 0.3) is 0 Å². The Hall–Kier alpha value is -1.55. The summed E-state index contributed by atoms with van der Waals surface area (Å²) in [6.07, 6.45) is 4.17. The molecule has 3 heterocycles. The maximum atomic E-state index is 12.6. The first-order valence-electron chi connectivity index (χ1n) is 6.46. The first kappa shape index (κ1) is 11.3. The summed E-state index contributed by atoms with van der Waals surface area (Å²) in [5.74, 6) is -0.332. The Balaban J connectivity index is 1.79. The van der Waals surface area contributed by atoms with E-state index in [1.165, 1.54) is 4.90 Å². The highest BCUT2D eigenvalue weighted by molar-refractivity contribution is 8.01. The number of nitrogens with zero attached hydrogens (tertiary/aromatic N) is 1. The molecule has 0 aromatic heterocycles. The van der Waals surface area contributed by atoms with Crippen LogP contribution in [0.5, 0.6) is 0 Å². The third-order valence-corrected chi connectivity index (χ3v) is 5.80. The second kappa shape index (κ2) is 3.73. The summed E-state index contributed by atoms with van der Waals surface area (Å²) in [7, 11) is 0. The van der Waals surface area contributed by atoms with Crippen LogP contribution in [0.3, 0.4) is 0 Å². The zero-order chi connectivity index (χ0) is 13.1. The lowest BCUT2D eigenvalue weighted by molar-refractivity contribution is -0.122. The molecule has 3 nitrogen and oxygen atoms in total. The van der Waals surface area contributed by atoms with Gasteiger partial charge in [-0.25, -0.2) is 4.90 Å². The van der Waals surface area contributed by atoms with Crippen molar-refractivity contribution in [3.63, 3.8) is 0 Å². The first-order valence-corrected chi connectivity index (χ1v) is 7.40. The molecule has 2 bridgehead atoms. The van der Waals surface area contributed by atoms with Gasteiger partial charge in [0.1, 0.15) is 0 Å². The molecule has 0 N–H and O–H groups in total. The van der Waals surface area contributed by atoms with Gasteiger partial charge in [0.2, 0.25) is 11.8 Å². The highest BCUT2D eigenvalue weighted by atomic mass is 32.2. The van der Waals surface area contributed by atoms with Crippen LogP contribution in [0, 0.1) is 18.8 Å². The van der Waals surface area contributed by atoms with Crippen LogP contribution in [-0.2, 0) is 9.59 Å². The topological polar surface area (TPSA) is 37.4 Å². The van der Waals surface area contributed by atoms with Crippen molar-refractivity contribution >= 4 is 29.3 Å². The maximum absolute atomic E-state index is 12.6. The molecule has 4 rings (SSSR count). The second-order valence-electron chi connectivity index (χ2n) is 5.30. The number of para-hydroxylation sites is 1. The molecule has 2 fully saturated rings. The van der Waals surface area contributed by atoms with Crippen LogP contribution in [0.2, 0.25) is 0 Å². The molecule has 2 saturated heterocycles. The van der Waals surface area contributed by atoms with Gasteiger partial charge in [-0.2, -0.15) is 0 Å². The van der Waals surface area contributed by atoms with Crippen LogP contribution in [-0.4, -0.2) is 22.3 Å². The molecular weight excluding hydrogens is 258 g/mol. The van der Waals surface area contributed by atoms with Gasteiger partial charge in [0.15, 0.2) is 0 Å². The SMILES string of the molecule is Cc1ccccc1N1C(=O)C2C3C=CC(S3)C2C1=O. The Morgan fingerprint density at radius 3 is 2.16 bits per heavy atom. The zero-order valence-corrected chi connectivity index (χ0v) is 11.3. The van der Waals surface area contributed by atoms with E-state index >= 15 is 0 Å². The Morgan fingerprint density at radius 1 is 1.00 bits per heavy atom. The molecule has 1 aromatic carbocycles. The molecule has 0 radical (unpaired) electrons. The standard InChI is InChI=1S/C15H13NO2S/c1-8-4-2-3-5-9(8)16-14(17)12-10-6-7-11(19-10)13(12)15(16)18/h2-7,10-13H,1H3. The molecule has 4 atom stereocenters. The van der Waals surface area contributed by atoms with Gasteiger partial charge in [0, 0.05) is 10.5 Å². The van der Waals surface area contributed by atoms with Crippen molar-refractivity contribution in [2.75, 3.05) is 4.90 Å². The fraction of sp³-hybridized carbons (Fsp3) is 0.333. The minimum Gasteiger partial charge on any atom is -0.274 e. The summed E-state index contributed by atoms with van der Waals surface area (Å²) < 4.78 is 0. The van der Waals surface area contributed by atoms with Crippen LogP contribution in [0.1, 0.15) is 5.56 Å². The smallest absolute Gasteiger partial charge is 0.239 e. The van der Waals surface area contributed by atoms with Gasteiger partial charge in [-0.15, -0.1) is 11.8 Å². The van der Waals surface area contributed by atoms with E-state index in [1.54, 1.807) is 11.8 Å². The largest absolute Gasteiger partial charge is 0.274 e. The van der Waals surface area contributed by atoms with Gasteiger partial charge in [-0.05, 0) is 18.6 Å². The summed E-state index contributed by atoms with van der Waals surface area (Å²) in [5, 5.41) is 0.390. The number of carbonyl (C=O) groups excluding carboxylic acids is 2. The molecule has 3 aliphatic heterocycles. The van der Waals surface area contributed by atoms with Crippen LogP contribution in [0.4, 0.5) is 5.69 Å². The maximum Gasteiger partial charge on any atom is 0.239 e. The molecule has 0 saturated carbocycles. The van der Waals surface area contributed by atoms with Gasteiger partial charge in [-0.3, -0.25) is 9.59 Å². The van der Waals surface area contributed by atoms with E-state index in [2.05, 4.69) is 12.2 Å². The van der Waals surface area contributed by atoms with Crippen molar-refractivity contribution in [2.45, 2.75) is 17.4 Å². The van der Waals surface area contributed by atoms with E-state index in [4.69, 9.17) is 0 Å². The summed E-state index contributed by atoms with van der Waals surface area (Å²) in [6, 6.07) is 7.59.